The number of anilines is 1. The van der Waals surface area contributed by atoms with Gasteiger partial charge in [0.25, 0.3) is 5.69 Å². The molecule has 0 bridgehead atoms. The van der Waals surface area contributed by atoms with E-state index in [4.69, 9.17) is 9.68 Å². The number of nitrogens with one attached hydrogen (secondary N) is 2. The van der Waals surface area contributed by atoms with E-state index in [1.807, 2.05) is 6.07 Å². The number of nitro groups is 1. The zero-order chi connectivity index (χ0) is 17.4. The lowest BCUT2D eigenvalue weighted by molar-refractivity contribution is -0.384. The lowest BCUT2D eigenvalue weighted by atomic mass is 10.1. The van der Waals surface area contributed by atoms with E-state index in [0.717, 1.165) is 0 Å². The van der Waals surface area contributed by atoms with Crippen molar-refractivity contribution in [3.8, 4) is 6.07 Å². The first-order valence-corrected chi connectivity index (χ1v) is 6.97. The molecule has 0 aliphatic carbocycles. The largest absolute Gasteiger partial charge is 0.467 e. The number of nitrogens with zero attached hydrogens (tertiary/aromatic N) is 2. The molecule has 2 aromatic rings. The van der Waals surface area contributed by atoms with E-state index >= 15 is 0 Å². The average Bonchev–Trinajstić information content (AvgIpc) is 3.10. The summed E-state index contributed by atoms with van der Waals surface area (Å²) in [6.07, 6.45) is 4.20. The minimum absolute atomic E-state index is 0.116. The molecule has 0 atom stereocenters. The van der Waals surface area contributed by atoms with Crippen LogP contribution in [0.5, 0.6) is 0 Å². The van der Waals surface area contributed by atoms with Gasteiger partial charge in [0.1, 0.15) is 11.4 Å². The molecule has 0 fully saturated rings. The van der Waals surface area contributed by atoms with Crippen LogP contribution in [0.3, 0.4) is 0 Å². The monoisotopic (exact) mass is 326 g/mol. The van der Waals surface area contributed by atoms with Crippen LogP contribution in [0.4, 0.5) is 11.4 Å². The number of rotatable bonds is 7. The average molecular weight is 326 g/mol. The molecule has 1 aromatic carbocycles. The summed E-state index contributed by atoms with van der Waals surface area (Å²) >= 11 is 0. The van der Waals surface area contributed by atoms with Crippen molar-refractivity contribution in [2.45, 2.75) is 6.54 Å². The summed E-state index contributed by atoms with van der Waals surface area (Å²) in [5, 5.41) is 25.0. The van der Waals surface area contributed by atoms with Crippen molar-refractivity contribution in [3.63, 3.8) is 0 Å². The normalized spacial score (nSPS) is 10.3. The van der Waals surface area contributed by atoms with Crippen molar-refractivity contribution in [3.05, 3.63) is 64.1 Å². The van der Waals surface area contributed by atoms with Crippen LogP contribution in [0.2, 0.25) is 0 Å². The first kappa shape index (κ1) is 16.8. The van der Waals surface area contributed by atoms with Gasteiger partial charge < -0.3 is 15.1 Å². The number of nitriles is 1. The second kappa shape index (κ2) is 8.14. The summed E-state index contributed by atoms with van der Waals surface area (Å²) < 4.78 is 5.09. The quantitative estimate of drug-likeness (QED) is 0.458. The van der Waals surface area contributed by atoms with Crippen LogP contribution in [0.25, 0.3) is 6.08 Å². The first-order valence-electron chi connectivity index (χ1n) is 6.97. The summed E-state index contributed by atoms with van der Waals surface area (Å²) in [6, 6.07) is 9.70. The number of carbonyl (C=O) groups excluding carboxylic acids is 1. The van der Waals surface area contributed by atoms with Gasteiger partial charge in [0.15, 0.2) is 0 Å². The standard InChI is InChI=1S/C16H14N4O4/c17-7-1-3-12-5-6-14(15(9-12)20(22)23)18-11-16(21)19-10-13-4-2-8-24-13/h1-6,8-9,18H,10-11H2,(H,19,21). The van der Waals surface area contributed by atoms with Gasteiger partial charge in [0, 0.05) is 12.1 Å². The van der Waals surface area contributed by atoms with E-state index in [2.05, 4.69) is 10.6 Å². The van der Waals surface area contributed by atoms with Crippen LogP contribution in [0, 0.1) is 21.4 Å². The number of hydrogen-bond acceptors (Lipinski definition) is 6. The molecule has 1 heterocycles. The molecule has 122 valence electrons. The van der Waals surface area contributed by atoms with Crippen molar-refractivity contribution in [2.24, 2.45) is 0 Å². The lowest BCUT2D eigenvalue weighted by Gasteiger charge is -2.08. The molecule has 0 unspecified atom stereocenters. The molecular weight excluding hydrogens is 312 g/mol. The van der Waals surface area contributed by atoms with Crippen molar-refractivity contribution < 1.29 is 14.1 Å². The minimum Gasteiger partial charge on any atom is -0.467 e. The third-order valence-electron chi connectivity index (χ3n) is 3.05. The maximum atomic E-state index is 11.8. The Bertz CT molecular complexity index is 791. The Kier molecular flexibility index (Phi) is 5.69. The van der Waals surface area contributed by atoms with Gasteiger partial charge in [-0.2, -0.15) is 5.26 Å². The highest BCUT2D eigenvalue weighted by Crippen LogP contribution is 2.25. The molecule has 1 aromatic heterocycles. The zero-order valence-corrected chi connectivity index (χ0v) is 12.6. The molecule has 0 saturated carbocycles. The number of carbonyl (C=O) groups is 1. The molecule has 0 spiro atoms. The molecule has 0 aliphatic rings. The van der Waals surface area contributed by atoms with E-state index in [1.54, 1.807) is 18.2 Å². The molecule has 0 radical (unpaired) electrons. The molecule has 8 heteroatoms. The van der Waals surface area contributed by atoms with Gasteiger partial charge >= 0.3 is 0 Å². The number of furan rings is 1. The number of amides is 1. The van der Waals surface area contributed by atoms with Gasteiger partial charge in [0.05, 0.1) is 30.3 Å². The second-order valence-electron chi connectivity index (χ2n) is 4.71. The SMILES string of the molecule is N#CC=Cc1ccc(NCC(=O)NCc2ccco2)c([N+](=O)[O-])c1. The molecule has 0 aliphatic heterocycles. The van der Waals surface area contributed by atoms with Crippen LogP contribution in [0.1, 0.15) is 11.3 Å². The summed E-state index contributed by atoms with van der Waals surface area (Å²) in [5.74, 6) is 0.289. The fraction of sp³-hybridized carbons (Fsp3) is 0.125. The van der Waals surface area contributed by atoms with Crippen molar-refractivity contribution in [1.82, 2.24) is 5.32 Å². The fourth-order valence-corrected chi connectivity index (χ4v) is 1.92. The molecule has 1 amide bonds. The summed E-state index contributed by atoms with van der Waals surface area (Å²) in [6.45, 7) is 0.127. The second-order valence-corrected chi connectivity index (χ2v) is 4.71. The first-order chi connectivity index (χ1) is 11.6. The smallest absolute Gasteiger partial charge is 0.292 e. The van der Waals surface area contributed by atoms with Crippen LogP contribution >= 0.6 is 0 Å². The third kappa shape index (κ3) is 4.71. The van der Waals surface area contributed by atoms with Gasteiger partial charge in [-0.25, -0.2) is 0 Å². The highest BCUT2D eigenvalue weighted by atomic mass is 16.6. The Labute approximate surface area is 137 Å². The van der Waals surface area contributed by atoms with Gasteiger partial charge in [-0.3, -0.25) is 14.9 Å². The van der Waals surface area contributed by atoms with Crippen molar-refractivity contribution in [1.29, 1.82) is 5.26 Å². The topological polar surface area (TPSA) is 121 Å². The zero-order valence-electron chi connectivity index (χ0n) is 12.6. The molecule has 2 N–H and O–H groups in total. The van der Waals surface area contributed by atoms with Crippen molar-refractivity contribution in [2.75, 3.05) is 11.9 Å². The maximum absolute atomic E-state index is 11.8. The van der Waals surface area contributed by atoms with Gasteiger partial charge in [0.2, 0.25) is 5.91 Å². The number of hydrogen-bond donors (Lipinski definition) is 2. The van der Waals surface area contributed by atoms with E-state index < -0.39 is 4.92 Å². The summed E-state index contributed by atoms with van der Waals surface area (Å²) in [7, 11) is 0. The number of benzene rings is 1. The van der Waals surface area contributed by atoms with Gasteiger partial charge in [-0.05, 0) is 29.8 Å². The highest BCUT2D eigenvalue weighted by Gasteiger charge is 2.14. The van der Waals surface area contributed by atoms with E-state index in [0.29, 0.717) is 11.3 Å². The Morgan fingerprint density at radius 2 is 2.25 bits per heavy atom. The minimum atomic E-state index is -0.549. The van der Waals surface area contributed by atoms with Gasteiger partial charge in [-0.1, -0.05) is 6.07 Å². The molecule has 24 heavy (non-hydrogen) atoms. The third-order valence-corrected chi connectivity index (χ3v) is 3.05. The van der Waals surface area contributed by atoms with E-state index in [9.17, 15) is 14.9 Å². The molecule has 2 rings (SSSR count). The van der Waals surface area contributed by atoms with Crippen LogP contribution in [-0.4, -0.2) is 17.4 Å². The van der Waals surface area contributed by atoms with Crippen LogP contribution in [-0.2, 0) is 11.3 Å². The predicted octanol–water partition coefficient (Wildman–Crippen LogP) is 2.45. The Hall–Kier alpha value is -3.60. The van der Waals surface area contributed by atoms with Crippen LogP contribution < -0.4 is 10.6 Å². The fourth-order valence-electron chi connectivity index (χ4n) is 1.92. The van der Waals surface area contributed by atoms with Gasteiger partial charge in [-0.15, -0.1) is 0 Å². The summed E-state index contributed by atoms with van der Waals surface area (Å²) in [4.78, 5) is 22.4. The van der Waals surface area contributed by atoms with Crippen LogP contribution in [0.15, 0.2) is 47.1 Å². The highest BCUT2D eigenvalue weighted by molar-refractivity contribution is 5.82. The number of nitro benzene ring substituents is 1. The number of allylic oxidation sites excluding steroid dienone is 1. The molecule has 0 saturated heterocycles. The van der Waals surface area contributed by atoms with E-state index in [1.165, 1.54) is 30.5 Å². The Morgan fingerprint density at radius 1 is 1.42 bits per heavy atom. The maximum Gasteiger partial charge on any atom is 0.292 e. The Morgan fingerprint density at radius 3 is 2.92 bits per heavy atom. The molecular formula is C16H14N4O4. The predicted molar refractivity (Wildman–Crippen MR) is 86.8 cm³/mol. The van der Waals surface area contributed by atoms with E-state index in [-0.39, 0.29) is 30.4 Å². The molecule has 8 nitrogen and oxygen atoms in total. The Balaban J connectivity index is 1.98. The van der Waals surface area contributed by atoms with Crippen molar-refractivity contribution >= 4 is 23.4 Å². The summed E-state index contributed by atoms with van der Waals surface area (Å²) in [5.41, 5.74) is 0.576. The lowest BCUT2D eigenvalue weighted by Crippen LogP contribution is -2.29.